The highest BCUT2D eigenvalue weighted by Crippen LogP contribution is 2.39. The SMILES string of the molecule is CNCC1CN(c2ccccc2Br)C(C)(C)C1. The van der Waals surface area contributed by atoms with Gasteiger partial charge in [0.1, 0.15) is 0 Å². The Morgan fingerprint density at radius 2 is 2.12 bits per heavy atom. The molecule has 1 atom stereocenters. The zero-order valence-corrected chi connectivity index (χ0v) is 12.4. The molecule has 3 heteroatoms. The van der Waals surface area contributed by atoms with Gasteiger partial charge in [0.25, 0.3) is 0 Å². The molecule has 2 nitrogen and oxygen atoms in total. The van der Waals surface area contributed by atoms with Crippen molar-refractivity contribution in [1.29, 1.82) is 0 Å². The van der Waals surface area contributed by atoms with E-state index in [1.807, 2.05) is 7.05 Å². The average molecular weight is 297 g/mol. The average Bonchev–Trinajstić information content (AvgIpc) is 2.55. The van der Waals surface area contributed by atoms with Crippen molar-refractivity contribution in [3.8, 4) is 0 Å². The molecule has 0 amide bonds. The molecule has 0 saturated carbocycles. The molecule has 2 rings (SSSR count). The largest absolute Gasteiger partial charge is 0.365 e. The molecule has 1 aromatic carbocycles. The highest BCUT2D eigenvalue weighted by Gasteiger charge is 2.38. The number of halogens is 1. The third-order valence-corrected chi connectivity index (χ3v) is 4.27. The molecule has 94 valence electrons. The number of nitrogens with zero attached hydrogens (tertiary/aromatic N) is 1. The first-order valence-corrected chi connectivity index (χ1v) is 7.00. The molecule has 17 heavy (non-hydrogen) atoms. The van der Waals surface area contributed by atoms with Crippen LogP contribution in [0.2, 0.25) is 0 Å². The molecule has 1 heterocycles. The number of nitrogens with one attached hydrogen (secondary N) is 1. The van der Waals surface area contributed by atoms with Crippen molar-refractivity contribution in [3.05, 3.63) is 28.7 Å². The second-order valence-electron chi connectivity index (χ2n) is 5.50. The maximum Gasteiger partial charge on any atom is 0.0515 e. The Kier molecular flexibility index (Phi) is 3.79. The third kappa shape index (κ3) is 2.66. The molecule has 0 aliphatic carbocycles. The van der Waals surface area contributed by atoms with E-state index >= 15 is 0 Å². The molecule has 1 aliphatic heterocycles. The summed E-state index contributed by atoms with van der Waals surface area (Å²) >= 11 is 3.66. The van der Waals surface area contributed by atoms with Gasteiger partial charge in [0, 0.05) is 16.6 Å². The Morgan fingerprint density at radius 1 is 1.41 bits per heavy atom. The Balaban J connectivity index is 2.24. The molecule has 1 saturated heterocycles. The number of anilines is 1. The predicted octanol–water partition coefficient (Wildman–Crippen LogP) is 3.27. The fourth-order valence-electron chi connectivity index (χ4n) is 2.91. The van der Waals surface area contributed by atoms with E-state index < -0.39 is 0 Å². The van der Waals surface area contributed by atoms with Gasteiger partial charge in [-0.1, -0.05) is 12.1 Å². The maximum absolute atomic E-state index is 3.66. The lowest BCUT2D eigenvalue weighted by Gasteiger charge is -2.34. The van der Waals surface area contributed by atoms with E-state index in [0.717, 1.165) is 19.0 Å². The molecule has 1 aromatic rings. The fourth-order valence-corrected chi connectivity index (χ4v) is 3.41. The van der Waals surface area contributed by atoms with Gasteiger partial charge < -0.3 is 10.2 Å². The Bertz CT molecular complexity index is 390. The summed E-state index contributed by atoms with van der Waals surface area (Å²) in [5, 5.41) is 3.30. The summed E-state index contributed by atoms with van der Waals surface area (Å²) in [4.78, 5) is 2.53. The van der Waals surface area contributed by atoms with Gasteiger partial charge in [0.15, 0.2) is 0 Å². The Labute approximate surface area is 113 Å². The van der Waals surface area contributed by atoms with E-state index in [1.165, 1.54) is 16.6 Å². The Hall–Kier alpha value is -0.540. The number of hydrogen-bond donors (Lipinski definition) is 1. The van der Waals surface area contributed by atoms with Crippen molar-refractivity contribution in [2.75, 3.05) is 25.0 Å². The van der Waals surface area contributed by atoms with Crippen molar-refractivity contribution >= 4 is 21.6 Å². The minimum absolute atomic E-state index is 0.241. The number of para-hydroxylation sites is 1. The monoisotopic (exact) mass is 296 g/mol. The first kappa shape index (κ1) is 12.9. The summed E-state index contributed by atoms with van der Waals surface area (Å²) in [6.45, 7) is 6.91. The summed E-state index contributed by atoms with van der Waals surface area (Å²) in [6, 6.07) is 8.51. The first-order valence-electron chi connectivity index (χ1n) is 6.21. The van der Waals surface area contributed by atoms with Gasteiger partial charge in [0.05, 0.1) is 5.69 Å². The first-order chi connectivity index (χ1) is 8.04. The van der Waals surface area contributed by atoms with Crippen LogP contribution in [0.4, 0.5) is 5.69 Å². The van der Waals surface area contributed by atoms with Gasteiger partial charge in [-0.15, -0.1) is 0 Å². The summed E-state index contributed by atoms with van der Waals surface area (Å²) in [5.74, 6) is 0.738. The summed E-state index contributed by atoms with van der Waals surface area (Å²) in [5.41, 5.74) is 1.56. The van der Waals surface area contributed by atoms with Gasteiger partial charge in [-0.3, -0.25) is 0 Å². The standard InChI is InChI=1S/C14H21BrN2/c1-14(2)8-11(9-16-3)10-17(14)13-7-5-4-6-12(13)15/h4-7,11,16H,8-10H2,1-3H3. The van der Waals surface area contributed by atoms with Crippen LogP contribution in [0.25, 0.3) is 0 Å². The number of rotatable bonds is 3. The summed E-state index contributed by atoms with van der Waals surface area (Å²) in [7, 11) is 2.04. The fraction of sp³-hybridized carbons (Fsp3) is 0.571. The second-order valence-corrected chi connectivity index (χ2v) is 6.36. The van der Waals surface area contributed by atoms with Gasteiger partial charge in [-0.2, -0.15) is 0 Å². The van der Waals surface area contributed by atoms with Gasteiger partial charge in [-0.25, -0.2) is 0 Å². The normalized spacial score (nSPS) is 23.1. The lowest BCUT2D eigenvalue weighted by Crippen LogP contribution is -2.38. The molecule has 1 fully saturated rings. The van der Waals surface area contributed by atoms with Crippen molar-refractivity contribution in [1.82, 2.24) is 5.32 Å². The van der Waals surface area contributed by atoms with Gasteiger partial charge in [0.2, 0.25) is 0 Å². The predicted molar refractivity (Wildman–Crippen MR) is 77.6 cm³/mol. The van der Waals surface area contributed by atoms with E-state index in [-0.39, 0.29) is 5.54 Å². The minimum atomic E-state index is 0.241. The lowest BCUT2D eigenvalue weighted by atomic mass is 9.96. The minimum Gasteiger partial charge on any atom is -0.365 e. The molecule has 1 N–H and O–H groups in total. The second kappa shape index (κ2) is 4.99. The number of hydrogen-bond acceptors (Lipinski definition) is 2. The van der Waals surface area contributed by atoms with Crippen molar-refractivity contribution < 1.29 is 0 Å². The molecule has 0 bridgehead atoms. The van der Waals surface area contributed by atoms with Crippen LogP contribution in [0.5, 0.6) is 0 Å². The van der Waals surface area contributed by atoms with Crippen LogP contribution < -0.4 is 10.2 Å². The number of benzene rings is 1. The quantitative estimate of drug-likeness (QED) is 0.921. The smallest absolute Gasteiger partial charge is 0.0515 e. The van der Waals surface area contributed by atoms with Crippen molar-refractivity contribution in [2.45, 2.75) is 25.8 Å². The maximum atomic E-state index is 3.66. The summed E-state index contributed by atoms with van der Waals surface area (Å²) in [6.07, 6.45) is 1.25. The van der Waals surface area contributed by atoms with E-state index in [0.29, 0.717) is 0 Å². The van der Waals surface area contributed by atoms with Crippen LogP contribution in [0, 0.1) is 5.92 Å². The lowest BCUT2D eigenvalue weighted by molar-refractivity contribution is 0.461. The topological polar surface area (TPSA) is 15.3 Å². The molecule has 1 aliphatic rings. The van der Waals surface area contributed by atoms with Crippen molar-refractivity contribution in [3.63, 3.8) is 0 Å². The third-order valence-electron chi connectivity index (χ3n) is 3.60. The van der Waals surface area contributed by atoms with E-state index in [1.54, 1.807) is 0 Å². The van der Waals surface area contributed by atoms with E-state index in [9.17, 15) is 0 Å². The molecule has 0 spiro atoms. The molecule has 0 aromatic heterocycles. The zero-order valence-electron chi connectivity index (χ0n) is 10.8. The van der Waals surface area contributed by atoms with E-state index in [4.69, 9.17) is 0 Å². The Morgan fingerprint density at radius 3 is 2.76 bits per heavy atom. The summed E-state index contributed by atoms with van der Waals surface area (Å²) < 4.78 is 1.19. The molecular formula is C14H21BrN2. The van der Waals surface area contributed by atoms with Gasteiger partial charge >= 0.3 is 0 Å². The molecule has 0 radical (unpaired) electrons. The highest BCUT2D eigenvalue weighted by molar-refractivity contribution is 9.10. The van der Waals surface area contributed by atoms with Gasteiger partial charge in [-0.05, 0) is 67.8 Å². The zero-order chi connectivity index (χ0) is 12.5. The highest BCUT2D eigenvalue weighted by atomic mass is 79.9. The van der Waals surface area contributed by atoms with Crippen LogP contribution in [-0.2, 0) is 0 Å². The van der Waals surface area contributed by atoms with Crippen LogP contribution in [0.15, 0.2) is 28.7 Å². The molecule has 1 unspecified atom stereocenters. The van der Waals surface area contributed by atoms with Crippen LogP contribution >= 0.6 is 15.9 Å². The van der Waals surface area contributed by atoms with E-state index in [2.05, 4.69) is 64.3 Å². The van der Waals surface area contributed by atoms with Crippen LogP contribution in [0.3, 0.4) is 0 Å². The van der Waals surface area contributed by atoms with Crippen molar-refractivity contribution in [2.24, 2.45) is 5.92 Å². The molecular weight excluding hydrogens is 276 g/mol. The van der Waals surface area contributed by atoms with Crippen LogP contribution in [0.1, 0.15) is 20.3 Å². The van der Waals surface area contributed by atoms with Crippen LogP contribution in [-0.4, -0.2) is 25.7 Å².